The lowest BCUT2D eigenvalue weighted by atomic mass is 9.89. The van der Waals surface area contributed by atoms with Crippen LogP contribution in [0.1, 0.15) is 45.4 Å². The molecule has 1 atom stereocenters. The van der Waals surface area contributed by atoms with Crippen LogP contribution < -0.4 is 5.73 Å². The van der Waals surface area contributed by atoms with Gasteiger partial charge in [0.25, 0.3) is 0 Å². The number of nitrogen functional groups attached to an aromatic ring is 1. The van der Waals surface area contributed by atoms with E-state index >= 15 is 0 Å². The molecule has 1 aromatic rings. The molecule has 0 amide bonds. The first-order valence-corrected chi connectivity index (χ1v) is 7.00. The Bertz CT molecular complexity index is 404. The van der Waals surface area contributed by atoms with Gasteiger partial charge in [0.05, 0.1) is 0 Å². The van der Waals surface area contributed by atoms with Crippen LogP contribution in [0.3, 0.4) is 0 Å². The van der Waals surface area contributed by atoms with Crippen molar-refractivity contribution in [1.82, 2.24) is 9.88 Å². The highest BCUT2D eigenvalue weighted by atomic mass is 15.2. The first-order chi connectivity index (χ1) is 8.49. The minimum Gasteiger partial charge on any atom is -0.384 e. The zero-order chi connectivity index (χ0) is 13.3. The molecule has 0 spiro atoms. The molecule has 2 rings (SSSR count). The van der Waals surface area contributed by atoms with E-state index in [0.29, 0.717) is 23.9 Å². The topological polar surface area (TPSA) is 42.2 Å². The van der Waals surface area contributed by atoms with Crippen molar-refractivity contribution < 1.29 is 0 Å². The molecule has 1 heterocycles. The molecule has 1 aliphatic carbocycles. The van der Waals surface area contributed by atoms with Gasteiger partial charge in [-0.3, -0.25) is 4.90 Å². The van der Waals surface area contributed by atoms with Gasteiger partial charge < -0.3 is 5.73 Å². The Morgan fingerprint density at radius 3 is 2.50 bits per heavy atom. The molecule has 0 fully saturated rings. The number of pyridine rings is 1. The van der Waals surface area contributed by atoms with Crippen molar-refractivity contribution in [2.24, 2.45) is 0 Å². The lowest BCUT2D eigenvalue weighted by molar-refractivity contribution is 0.102. The molecule has 0 saturated carbocycles. The average molecular weight is 247 g/mol. The molecule has 0 radical (unpaired) electrons. The van der Waals surface area contributed by atoms with E-state index in [4.69, 9.17) is 5.73 Å². The number of nitrogens with two attached hydrogens (primary N) is 1. The van der Waals surface area contributed by atoms with E-state index in [9.17, 15) is 0 Å². The van der Waals surface area contributed by atoms with Gasteiger partial charge in [0.2, 0.25) is 0 Å². The number of nitrogens with zero attached hydrogens (tertiary/aromatic N) is 2. The van der Waals surface area contributed by atoms with Gasteiger partial charge in [-0.1, -0.05) is 6.07 Å². The number of rotatable bonds is 3. The lowest BCUT2D eigenvalue weighted by Gasteiger charge is -2.40. The Balaban J connectivity index is 2.18. The van der Waals surface area contributed by atoms with Crippen molar-refractivity contribution in [3.63, 3.8) is 0 Å². The molecule has 1 aromatic heterocycles. The Hall–Kier alpha value is -1.09. The summed E-state index contributed by atoms with van der Waals surface area (Å²) in [6.45, 7) is 9.15. The number of hydrogen-bond acceptors (Lipinski definition) is 3. The molecule has 3 heteroatoms. The maximum atomic E-state index is 5.75. The number of fused-ring (bicyclic) bond motifs is 1. The van der Waals surface area contributed by atoms with E-state index in [2.05, 4.69) is 43.6 Å². The zero-order valence-corrected chi connectivity index (χ0v) is 12.0. The summed E-state index contributed by atoms with van der Waals surface area (Å²) in [5.74, 6) is 0.650. The average Bonchev–Trinajstić information content (AvgIpc) is 2.28. The predicted molar refractivity (Wildman–Crippen MR) is 76.6 cm³/mol. The van der Waals surface area contributed by atoms with Crippen LogP contribution >= 0.6 is 0 Å². The van der Waals surface area contributed by atoms with Crippen molar-refractivity contribution >= 4 is 5.82 Å². The summed E-state index contributed by atoms with van der Waals surface area (Å²) >= 11 is 0. The third-order valence-corrected chi connectivity index (χ3v) is 3.87. The molecular weight excluding hydrogens is 222 g/mol. The minimum absolute atomic E-state index is 0.596. The van der Waals surface area contributed by atoms with Crippen LogP contribution in [0, 0.1) is 0 Å². The van der Waals surface area contributed by atoms with Crippen LogP contribution in [0.4, 0.5) is 5.82 Å². The minimum atomic E-state index is 0.596. The second kappa shape index (κ2) is 5.27. The van der Waals surface area contributed by atoms with Gasteiger partial charge in [-0.2, -0.15) is 0 Å². The Kier molecular flexibility index (Phi) is 3.91. The fourth-order valence-corrected chi connectivity index (χ4v) is 3.30. The lowest BCUT2D eigenvalue weighted by Crippen LogP contribution is -2.47. The van der Waals surface area contributed by atoms with Crippen molar-refractivity contribution in [3.05, 3.63) is 23.4 Å². The zero-order valence-electron chi connectivity index (χ0n) is 12.0. The van der Waals surface area contributed by atoms with Crippen molar-refractivity contribution in [2.45, 2.75) is 65.1 Å². The summed E-state index contributed by atoms with van der Waals surface area (Å²) in [4.78, 5) is 7.08. The summed E-state index contributed by atoms with van der Waals surface area (Å²) < 4.78 is 0. The van der Waals surface area contributed by atoms with E-state index in [-0.39, 0.29) is 0 Å². The van der Waals surface area contributed by atoms with Gasteiger partial charge >= 0.3 is 0 Å². The molecule has 3 nitrogen and oxygen atoms in total. The smallest absolute Gasteiger partial charge is 0.123 e. The molecule has 0 aliphatic heterocycles. The molecule has 1 unspecified atom stereocenters. The molecule has 1 aliphatic rings. The monoisotopic (exact) mass is 247 g/mol. The van der Waals surface area contributed by atoms with Crippen LogP contribution in [-0.2, 0) is 12.8 Å². The third-order valence-electron chi connectivity index (χ3n) is 3.87. The maximum absolute atomic E-state index is 5.75. The normalized spacial score (nSPS) is 19.6. The van der Waals surface area contributed by atoms with Crippen molar-refractivity contribution in [1.29, 1.82) is 0 Å². The summed E-state index contributed by atoms with van der Waals surface area (Å²) in [6, 6.07) is 5.92. The highest BCUT2D eigenvalue weighted by Gasteiger charge is 2.28. The molecule has 0 saturated heterocycles. The predicted octanol–water partition coefficient (Wildman–Crippen LogP) is 2.64. The van der Waals surface area contributed by atoms with E-state index in [1.165, 1.54) is 17.7 Å². The highest BCUT2D eigenvalue weighted by Crippen LogP contribution is 2.26. The second-order valence-electron chi connectivity index (χ2n) is 5.87. The molecule has 0 aromatic carbocycles. The molecule has 18 heavy (non-hydrogen) atoms. The SMILES string of the molecule is CC(C)N(C(C)C)C1CCc2nc(N)ccc2C1. The van der Waals surface area contributed by atoms with E-state index < -0.39 is 0 Å². The van der Waals surface area contributed by atoms with E-state index in [1.807, 2.05) is 6.07 Å². The quantitative estimate of drug-likeness (QED) is 0.893. The Morgan fingerprint density at radius 1 is 1.22 bits per heavy atom. The highest BCUT2D eigenvalue weighted by molar-refractivity contribution is 5.36. The fourth-order valence-electron chi connectivity index (χ4n) is 3.30. The molecule has 100 valence electrons. The van der Waals surface area contributed by atoms with Crippen LogP contribution in [0.25, 0.3) is 0 Å². The molecular formula is C15H25N3. The first kappa shape index (κ1) is 13.3. The summed E-state index contributed by atoms with van der Waals surface area (Å²) in [5, 5.41) is 0. The van der Waals surface area contributed by atoms with Gasteiger partial charge in [0.15, 0.2) is 0 Å². The Morgan fingerprint density at radius 2 is 1.89 bits per heavy atom. The van der Waals surface area contributed by atoms with Crippen LogP contribution in [0.15, 0.2) is 12.1 Å². The number of hydrogen-bond donors (Lipinski definition) is 1. The second-order valence-corrected chi connectivity index (χ2v) is 5.87. The number of anilines is 1. The van der Waals surface area contributed by atoms with Gasteiger partial charge in [0, 0.05) is 23.8 Å². The van der Waals surface area contributed by atoms with Crippen molar-refractivity contribution in [3.8, 4) is 0 Å². The maximum Gasteiger partial charge on any atom is 0.123 e. The van der Waals surface area contributed by atoms with Gasteiger partial charge in [-0.25, -0.2) is 4.98 Å². The summed E-state index contributed by atoms with van der Waals surface area (Å²) in [6.07, 6.45) is 3.36. The standard InChI is InChI=1S/C15H25N3/c1-10(2)18(11(3)4)13-6-7-14-12(9-13)5-8-15(16)17-14/h5,8,10-11,13H,6-7,9H2,1-4H3,(H2,16,17). The van der Waals surface area contributed by atoms with Crippen molar-refractivity contribution in [2.75, 3.05) is 5.73 Å². The van der Waals surface area contributed by atoms with Crippen LogP contribution in [0.2, 0.25) is 0 Å². The van der Waals surface area contributed by atoms with E-state index in [1.54, 1.807) is 0 Å². The Labute approximate surface area is 110 Å². The number of aryl methyl sites for hydroxylation is 1. The van der Waals surface area contributed by atoms with Gasteiger partial charge in [-0.05, 0) is 58.6 Å². The first-order valence-electron chi connectivity index (χ1n) is 7.00. The van der Waals surface area contributed by atoms with E-state index in [0.717, 1.165) is 12.8 Å². The van der Waals surface area contributed by atoms with Gasteiger partial charge in [0.1, 0.15) is 5.82 Å². The van der Waals surface area contributed by atoms with Gasteiger partial charge in [-0.15, -0.1) is 0 Å². The molecule has 0 bridgehead atoms. The fraction of sp³-hybridized carbons (Fsp3) is 0.667. The molecule has 2 N–H and O–H groups in total. The summed E-state index contributed by atoms with van der Waals surface area (Å²) in [7, 11) is 0. The largest absolute Gasteiger partial charge is 0.384 e. The third kappa shape index (κ3) is 2.66. The van der Waals surface area contributed by atoms with Crippen LogP contribution in [-0.4, -0.2) is 28.0 Å². The van der Waals surface area contributed by atoms with Crippen LogP contribution in [0.5, 0.6) is 0 Å². The number of aromatic nitrogens is 1. The summed E-state index contributed by atoms with van der Waals surface area (Å²) in [5.41, 5.74) is 8.34.